The van der Waals surface area contributed by atoms with E-state index in [9.17, 15) is 96.1 Å². The number of ether oxygens (including phenoxy) is 1. The number of hydrogen-bond donors (Lipinski definition) is 17. The first-order valence-corrected chi connectivity index (χ1v) is 13.1. The summed E-state index contributed by atoms with van der Waals surface area (Å²) < 4.78 is 5.50. The largest absolute Gasteiger partial charge is 0.503 e. The zero-order valence-electron chi connectivity index (χ0n) is 24.5. The average Bonchev–Trinajstić information content (AvgIpc) is 3.44. The summed E-state index contributed by atoms with van der Waals surface area (Å²) in [7, 11) is 1.28. The summed E-state index contributed by atoms with van der Waals surface area (Å²) in [6.07, 6.45) is 0. The Bertz CT molecular complexity index is 1950. The summed E-state index contributed by atoms with van der Waals surface area (Å²) in [5.74, 6) is -43.7. The molecule has 25 nitrogen and oxygen atoms in total. The van der Waals surface area contributed by atoms with E-state index in [0.29, 0.717) is 4.68 Å². The summed E-state index contributed by atoms with van der Waals surface area (Å²) in [6.45, 7) is 0. The number of anilines is 2. The highest BCUT2D eigenvalue weighted by Gasteiger charge is 2.81. The first-order chi connectivity index (χ1) is 22.7. The fourth-order valence-corrected chi connectivity index (χ4v) is 5.29. The molecule has 3 amide bonds. The van der Waals surface area contributed by atoms with Gasteiger partial charge in [-0.25, -0.2) is 14.5 Å². The van der Waals surface area contributed by atoms with Crippen molar-refractivity contribution in [3.63, 3.8) is 0 Å². The van der Waals surface area contributed by atoms with Gasteiger partial charge in [0.1, 0.15) is 22.8 Å². The number of phenols is 4. The number of piperidine rings is 1. The van der Waals surface area contributed by atoms with Crippen molar-refractivity contribution in [2.75, 3.05) is 16.9 Å². The Morgan fingerprint density at radius 2 is 1.16 bits per heavy atom. The van der Waals surface area contributed by atoms with E-state index in [2.05, 4.69) is 5.10 Å². The number of aliphatic hydroxyl groups is 12. The standard InChI is InChI=1S/C25H25N5O20/c1-50-7-4-2-6(3-5-7)30-10-8(9(27-30)17(26)35)20(38,39)24(46,47)28(18(10)36)11-13(31)15(33)12(16(34)14(11)32)29-19(37)21(40,41)22(42,43)23(44,45)25(29,48)49/h2-5,31-34,38-49H,1H3,(H2,26,35). The van der Waals surface area contributed by atoms with Gasteiger partial charge >= 0.3 is 23.4 Å². The number of primary amides is 1. The van der Waals surface area contributed by atoms with Crippen LogP contribution >= 0.6 is 0 Å². The monoisotopic (exact) mass is 715 g/mol. The lowest BCUT2D eigenvalue weighted by Gasteiger charge is -2.55. The second kappa shape index (κ2) is 10.3. The molecule has 0 bridgehead atoms. The molecule has 1 fully saturated rings. The van der Waals surface area contributed by atoms with Crippen LogP contribution in [0.15, 0.2) is 24.3 Å². The normalized spacial score (nSPS) is 21.1. The van der Waals surface area contributed by atoms with E-state index in [1.807, 2.05) is 0 Å². The Balaban J connectivity index is 1.81. The van der Waals surface area contributed by atoms with E-state index < -0.39 is 114 Å². The van der Waals surface area contributed by atoms with E-state index in [-0.39, 0.29) is 11.4 Å². The van der Waals surface area contributed by atoms with Gasteiger partial charge in [-0.05, 0) is 24.3 Å². The Labute approximate surface area is 273 Å². The molecule has 5 rings (SSSR count). The van der Waals surface area contributed by atoms with Crippen molar-refractivity contribution in [2.45, 2.75) is 35.0 Å². The molecular weight excluding hydrogens is 690 g/mol. The molecule has 2 aromatic carbocycles. The van der Waals surface area contributed by atoms with Gasteiger partial charge in [-0.2, -0.15) is 5.10 Å². The van der Waals surface area contributed by atoms with Gasteiger partial charge in [0, 0.05) is 0 Å². The number of amides is 3. The quantitative estimate of drug-likeness (QED) is 0.0662. The Hall–Kier alpha value is -5.42. The van der Waals surface area contributed by atoms with E-state index in [1.165, 1.54) is 31.4 Å². The number of nitrogens with zero attached hydrogens (tertiary/aromatic N) is 4. The molecule has 1 saturated heterocycles. The van der Waals surface area contributed by atoms with Crippen LogP contribution in [0.25, 0.3) is 5.69 Å². The number of aromatic hydroxyl groups is 4. The molecule has 0 unspecified atom stereocenters. The minimum Gasteiger partial charge on any atom is -0.503 e. The summed E-state index contributed by atoms with van der Waals surface area (Å²) in [5.41, 5.74) is -2.70. The number of aromatic nitrogens is 2. The van der Waals surface area contributed by atoms with Crippen LogP contribution in [-0.4, -0.2) is 145 Å². The Morgan fingerprint density at radius 1 is 0.700 bits per heavy atom. The molecule has 3 heterocycles. The average molecular weight is 715 g/mol. The van der Waals surface area contributed by atoms with Crippen molar-refractivity contribution in [2.24, 2.45) is 5.73 Å². The maximum absolute atomic E-state index is 14.0. The first kappa shape index (κ1) is 35.9. The molecule has 1 aromatic heterocycles. The maximum atomic E-state index is 14.0. The summed E-state index contributed by atoms with van der Waals surface area (Å²) >= 11 is 0. The van der Waals surface area contributed by atoms with Crippen LogP contribution in [0.4, 0.5) is 11.4 Å². The lowest BCUT2D eigenvalue weighted by molar-refractivity contribution is -0.505. The van der Waals surface area contributed by atoms with E-state index in [1.54, 1.807) is 0 Å². The first-order valence-electron chi connectivity index (χ1n) is 13.1. The highest BCUT2D eigenvalue weighted by atomic mass is 16.7. The van der Waals surface area contributed by atoms with Crippen molar-refractivity contribution in [3.8, 4) is 34.4 Å². The number of carbonyl (C=O) groups excluding carboxylic acids is 3. The van der Waals surface area contributed by atoms with Gasteiger partial charge in [0.15, 0.2) is 28.7 Å². The van der Waals surface area contributed by atoms with Crippen LogP contribution < -0.4 is 20.3 Å². The smallest absolute Gasteiger partial charge is 0.316 e. The van der Waals surface area contributed by atoms with Crippen LogP contribution in [-0.2, 0) is 10.6 Å². The van der Waals surface area contributed by atoms with Crippen molar-refractivity contribution in [1.82, 2.24) is 9.78 Å². The minimum absolute atomic E-state index is 0.195. The maximum Gasteiger partial charge on any atom is 0.316 e. The van der Waals surface area contributed by atoms with Gasteiger partial charge < -0.3 is 92.2 Å². The van der Waals surface area contributed by atoms with Crippen molar-refractivity contribution in [1.29, 1.82) is 0 Å². The fourth-order valence-electron chi connectivity index (χ4n) is 5.29. The number of carbonyl (C=O) groups is 3. The highest BCUT2D eigenvalue weighted by molar-refractivity contribution is 6.14. The van der Waals surface area contributed by atoms with Gasteiger partial charge in [-0.1, -0.05) is 0 Å². The molecule has 0 radical (unpaired) electrons. The molecule has 0 spiro atoms. The van der Waals surface area contributed by atoms with Crippen LogP contribution in [0.2, 0.25) is 0 Å². The van der Waals surface area contributed by atoms with Gasteiger partial charge in [-0.3, -0.25) is 14.4 Å². The molecule has 0 saturated carbocycles. The zero-order valence-corrected chi connectivity index (χ0v) is 24.5. The van der Waals surface area contributed by atoms with Crippen molar-refractivity contribution < 1.29 is 101 Å². The third kappa shape index (κ3) is 4.06. The van der Waals surface area contributed by atoms with Gasteiger partial charge in [-0.15, -0.1) is 0 Å². The third-order valence-electron chi connectivity index (χ3n) is 8.02. The van der Waals surface area contributed by atoms with E-state index in [0.717, 1.165) is 0 Å². The molecule has 50 heavy (non-hydrogen) atoms. The molecule has 0 atom stereocenters. The molecule has 3 aromatic rings. The topological polar surface area (TPSA) is 434 Å². The Morgan fingerprint density at radius 3 is 1.60 bits per heavy atom. The third-order valence-corrected chi connectivity index (χ3v) is 8.02. The number of hydrogen-bond acceptors (Lipinski definition) is 21. The molecule has 2 aliphatic rings. The molecule has 25 heteroatoms. The van der Waals surface area contributed by atoms with Crippen molar-refractivity contribution in [3.05, 3.63) is 41.2 Å². The summed E-state index contributed by atoms with van der Waals surface area (Å²) in [6, 6.07) is 4.91. The SMILES string of the molecule is COc1ccc(-n2nc(C(N)=O)c3c2C(=O)N(c2c(O)c(O)c(N4C(=O)C(O)(O)C(O)(O)C(O)(O)C4(O)O)c(O)c2O)C(O)(O)C3(O)O)cc1. The number of phenolic OH excluding ortho intramolecular Hbond substituents is 4. The second-order valence-corrected chi connectivity index (χ2v) is 10.9. The van der Waals surface area contributed by atoms with Crippen LogP contribution in [0.5, 0.6) is 28.7 Å². The van der Waals surface area contributed by atoms with Gasteiger partial charge in [0.25, 0.3) is 29.3 Å². The fraction of sp³-hybridized carbons (Fsp3) is 0.280. The number of rotatable bonds is 5. The number of fused-ring (bicyclic) bond motifs is 1. The van der Waals surface area contributed by atoms with E-state index >= 15 is 0 Å². The summed E-state index contributed by atoms with van der Waals surface area (Å²) in [4.78, 5) is 37.2. The molecule has 2 aliphatic heterocycles. The van der Waals surface area contributed by atoms with E-state index in [4.69, 9.17) is 10.5 Å². The number of benzene rings is 2. The number of nitrogens with two attached hydrogens (primary N) is 1. The predicted octanol–water partition coefficient (Wildman–Crippen LogP) is -7.73. The molecule has 18 N–H and O–H groups in total. The second-order valence-electron chi connectivity index (χ2n) is 10.9. The van der Waals surface area contributed by atoms with Crippen molar-refractivity contribution >= 4 is 29.1 Å². The molecular formula is C25H25N5O20. The Kier molecular flexibility index (Phi) is 7.39. The highest BCUT2D eigenvalue weighted by Crippen LogP contribution is 2.61. The lowest BCUT2D eigenvalue weighted by atomic mass is 9.85. The molecule has 0 aliphatic carbocycles. The van der Waals surface area contributed by atoms with Crippen LogP contribution in [0.1, 0.15) is 26.5 Å². The van der Waals surface area contributed by atoms with Crippen LogP contribution in [0, 0.1) is 0 Å². The minimum atomic E-state index is -5.07. The van der Waals surface area contributed by atoms with Gasteiger partial charge in [0.05, 0.1) is 18.4 Å². The van der Waals surface area contributed by atoms with Crippen LogP contribution in [0.3, 0.4) is 0 Å². The van der Waals surface area contributed by atoms with Gasteiger partial charge in [0.2, 0.25) is 0 Å². The molecule has 270 valence electrons. The number of methoxy groups -OCH3 is 1. The lowest BCUT2D eigenvalue weighted by Crippen LogP contribution is -2.88. The summed E-state index contributed by atoms with van der Waals surface area (Å²) in [5, 5.41) is 172. The predicted molar refractivity (Wildman–Crippen MR) is 148 cm³/mol. The zero-order chi connectivity index (χ0) is 38.1.